The molecule has 0 radical (unpaired) electrons. The van der Waals surface area contributed by atoms with Crippen LogP contribution in [0.3, 0.4) is 0 Å². The molecule has 1 aromatic rings. The molecule has 0 amide bonds. The fourth-order valence-electron chi connectivity index (χ4n) is 1.26. The van der Waals surface area contributed by atoms with Gasteiger partial charge in [0.25, 0.3) is 0 Å². The van der Waals surface area contributed by atoms with Crippen LogP contribution in [-0.4, -0.2) is 0 Å². The van der Waals surface area contributed by atoms with E-state index >= 15 is 0 Å². The highest BCUT2D eigenvalue weighted by atomic mass is 79.9. The van der Waals surface area contributed by atoms with Crippen molar-refractivity contribution in [2.45, 2.75) is 18.9 Å². The first-order valence-corrected chi connectivity index (χ1v) is 5.63. The third-order valence-electron chi connectivity index (χ3n) is 2.04. The summed E-state index contributed by atoms with van der Waals surface area (Å²) in [5.74, 6) is 0. The lowest BCUT2D eigenvalue weighted by atomic mass is 10.0. The zero-order valence-electron chi connectivity index (χ0n) is 8.25. The van der Waals surface area contributed by atoms with Crippen molar-refractivity contribution in [3.05, 3.63) is 45.9 Å². The minimum Gasteiger partial charge on any atom is -0.324 e. The van der Waals surface area contributed by atoms with E-state index in [2.05, 4.69) is 22.5 Å². The van der Waals surface area contributed by atoms with Gasteiger partial charge in [0.15, 0.2) is 0 Å². The number of nitrogens with two attached hydrogens (primary N) is 1. The molecule has 0 bridgehead atoms. The Morgan fingerprint density at radius 1 is 1.53 bits per heavy atom. The summed E-state index contributed by atoms with van der Waals surface area (Å²) in [5, 5.41) is 0.719. The summed E-state index contributed by atoms with van der Waals surface area (Å²) < 4.78 is 0.974. The number of allylic oxidation sites excluding steroid dienone is 1. The Hall–Kier alpha value is -0.0200. The fourth-order valence-corrected chi connectivity index (χ4v) is 2.23. The Morgan fingerprint density at radius 3 is 2.73 bits per heavy atom. The van der Waals surface area contributed by atoms with E-state index in [1.807, 2.05) is 24.3 Å². The fraction of sp³-hybridized carbons (Fsp3) is 0.273. The molecule has 15 heavy (non-hydrogen) atoms. The van der Waals surface area contributed by atoms with E-state index in [0.29, 0.717) is 0 Å². The first-order valence-electron chi connectivity index (χ1n) is 4.46. The van der Waals surface area contributed by atoms with Crippen molar-refractivity contribution in [1.82, 2.24) is 0 Å². The van der Waals surface area contributed by atoms with Crippen molar-refractivity contribution >= 4 is 39.9 Å². The van der Waals surface area contributed by atoms with Crippen LogP contribution in [0.5, 0.6) is 0 Å². The van der Waals surface area contributed by atoms with E-state index in [-0.39, 0.29) is 18.4 Å². The average Bonchev–Trinajstić information content (AvgIpc) is 2.14. The number of hydrogen-bond acceptors (Lipinski definition) is 1. The quantitative estimate of drug-likeness (QED) is 0.815. The predicted octanol–water partition coefficient (Wildman–Crippen LogP) is 4.49. The van der Waals surface area contributed by atoms with Crippen molar-refractivity contribution in [2.75, 3.05) is 0 Å². The summed E-state index contributed by atoms with van der Waals surface area (Å²) in [6.45, 7) is 3.67. The third kappa shape index (κ3) is 4.56. The monoisotopic (exact) mass is 309 g/mol. The standard InChI is InChI=1S/C11H13BrClN.ClH/c1-2-3-4-11(14)9-6-5-8(13)7-10(9)12;/h2,5-7,11H,1,3-4,14H2;1H/t11-;/m0./s1. The Balaban J connectivity index is 0.00000196. The molecule has 84 valence electrons. The minimum atomic E-state index is 0. The van der Waals surface area contributed by atoms with Crippen LogP contribution in [0.1, 0.15) is 24.4 Å². The van der Waals surface area contributed by atoms with Gasteiger partial charge in [0.2, 0.25) is 0 Å². The molecule has 0 aliphatic rings. The summed E-state index contributed by atoms with van der Waals surface area (Å²) >= 11 is 9.29. The molecule has 0 fully saturated rings. The van der Waals surface area contributed by atoms with Gasteiger partial charge in [-0.25, -0.2) is 0 Å². The molecule has 0 spiro atoms. The van der Waals surface area contributed by atoms with Crippen LogP contribution in [0.15, 0.2) is 35.3 Å². The molecule has 1 atom stereocenters. The van der Waals surface area contributed by atoms with Gasteiger partial charge in [-0.05, 0) is 30.5 Å². The average molecular weight is 311 g/mol. The molecule has 4 heteroatoms. The third-order valence-corrected chi connectivity index (χ3v) is 2.97. The van der Waals surface area contributed by atoms with E-state index in [1.165, 1.54) is 0 Å². The molecular weight excluding hydrogens is 297 g/mol. The molecule has 2 N–H and O–H groups in total. The molecule has 0 aliphatic heterocycles. The summed E-state index contributed by atoms with van der Waals surface area (Å²) in [5.41, 5.74) is 7.10. The Kier molecular flexibility index (Phi) is 7.28. The molecule has 0 unspecified atom stereocenters. The molecule has 1 nitrogen and oxygen atoms in total. The van der Waals surface area contributed by atoms with Crippen molar-refractivity contribution in [2.24, 2.45) is 5.73 Å². The molecule has 1 aromatic carbocycles. The second kappa shape index (κ2) is 7.29. The van der Waals surface area contributed by atoms with E-state index in [9.17, 15) is 0 Å². The number of benzene rings is 1. The largest absolute Gasteiger partial charge is 0.324 e. The van der Waals surface area contributed by atoms with Gasteiger partial charge in [0, 0.05) is 15.5 Å². The highest BCUT2D eigenvalue weighted by Crippen LogP contribution is 2.27. The Labute approximate surface area is 110 Å². The van der Waals surface area contributed by atoms with Gasteiger partial charge in [0.1, 0.15) is 0 Å². The molecular formula is C11H14BrCl2N. The smallest absolute Gasteiger partial charge is 0.0417 e. The van der Waals surface area contributed by atoms with Crippen molar-refractivity contribution < 1.29 is 0 Å². The summed E-state index contributed by atoms with van der Waals surface area (Å²) in [4.78, 5) is 0. The summed E-state index contributed by atoms with van der Waals surface area (Å²) in [7, 11) is 0. The van der Waals surface area contributed by atoms with Crippen molar-refractivity contribution in [3.63, 3.8) is 0 Å². The maximum Gasteiger partial charge on any atom is 0.0417 e. The van der Waals surface area contributed by atoms with Gasteiger partial charge >= 0.3 is 0 Å². The lowest BCUT2D eigenvalue weighted by molar-refractivity contribution is 0.659. The van der Waals surface area contributed by atoms with Gasteiger partial charge in [0.05, 0.1) is 0 Å². The number of hydrogen-bond donors (Lipinski definition) is 1. The minimum absolute atomic E-state index is 0. The van der Waals surface area contributed by atoms with E-state index in [1.54, 1.807) is 0 Å². The van der Waals surface area contributed by atoms with Crippen LogP contribution < -0.4 is 5.73 Å². The van der Waals surface area contributed by atoms with Crippen LogP contribution in [-0.2, 0) is 0 Å². The molecule has 0 aliphatic carbocycles. The Bertz CT molecular complexity index is 328. The summed E-state index contributed by atoms with van der Waals surface area (Å²) in [6, 6.07) is 5.72. The second-order valence-corrected chi connectivity index (χ2v) is 4.43. The Morgan fingerprint density at radius 2 is 2.20 bits per heavy atom. The van der Waals surface area contributed by atoms with Crippen LogP contribution in [0.2, 0.25) is 5.02 Å². The first-order chi connectivity index (χ1) is 6.65. The van der Waals surface area contributed by atoms with E-state index in [4.69, 9.17) is 17.3 Å². The lowest BCUT2D eigenvalue weighted by Crippen LogP contribution is -2.10. The van der Waals surface area contributed by atoms with Crippen LogP contribution in [0, 0.1) is 0 Å². The van der Waals surface area contributed by atoms with Crippen LogP contribution in [0.25, 0.3) is 0 Å². The first kappa shape index (κ1) is 15.0. The molecule has 0 aromatic heterocycles. The predicted molar refractivity (Wildman–Crippen MR) is 72.8 cm³/mol. The van der Waals surface area contributed by atoms with Gasteiger partial charge < -0.3 is 5.73 Å². The topological polar surface area (TPSA) is 26.0 Å². The molecule has 1 rings (SSSR count). The van der Waals surface area contributed by atoms with Gasteiger partial charge in [-0.15, -0.1) is 19.0 Å². The summed E-state index contributed by atoms with van der Waals surface area (Å²) in [6.07, 6.45) is 3.71. The van der Waals surface area contributed by atoms with E-state index in [0.717, 1.165) is 27.9 Å². The SMILES string of the molecule is C=CCC[C@H](N)c1ccc(Cl)cc1Br.Cl. The number of halogens is 3. The maximum atomic E-state index is 6.01. The zero-order valence-corrected chi connectivity index (χ0v) is 11.4. The lowest BCUT2D eigenvalue weighted by Gasteiger charge is -2.12. The van der Waals surface area contributed by atoms with E-state index < -0.39 is 0 Å². The molecule has 0 heterocycles. The van der Waals surface area contributed by atoms with Gasteiger partial charge in [-0.3, -0.25) is 0 Å². The zero-order chi connectivity index (χ0) is 10.6. The molecule has 0 saturated heterocycles. The van der Waals surface area contributed by atoms with Crippen molar-refractivity contribution in [1.29, 1.82) is 0 Å². The van der Waals surface area contributed by atoms with Crippen LogP contribution >= 0.6 is 39.9 Å². The van der Waals surface area contributed by atoms with Gasteiger partial charge in [-0.2, -0.15) is 0 Å². The second-order valence-electron chi connectivity index (χ2n) is 3.14. The normalized spacial score (nSPS) is 11.7. The van der Waals surface area contributed by atoms with Crippen molar-refractivity contribution in [3.8, 4) is 0 Å². The number of rotatable bonds is 4. The van der Waals surface area contributed by atoms with Crippen LogP contribution in [0.4, 0.5) is 0 Å². The van der Waals surface area contributed by atoms with Gasteiger partial charge in [-0.1, -0.05) is 39.7 Å². The highest BCUT2D eigenvalue weighted by Gasteiger charge is 2.08. The highest BCUT2D eigenvalue weighted by molar-refractivity contribution is 9.10. The molecule has 0 saturated carbocycles. The maximum absolute atomic E-state index is 6.01.